The van der Waals surface area contributed by atoms with Crippen molar-refractivity contribution in [3.8, 4) is 11.8 Å². The topological polar surface area (TPSA) is 45.5 Å². The number of nitriles is 1. The molecule has 0 bridgehead atoms. The van der Waals surface area contributed by atoms with Crippen molar-refractivity contribution in [2.75, 3.05) is 25.3 Å². The molecular weight excluding hydrogens is 348 g/mol. The Labute approximate surface area is 168 Å². The maximum atomic E-state index is 9.30. The Hall–Kier alpha value is -2.51. The number of hydrogen-bond acceptors (Lipinski definition) is 4. The van der Waals surface area contributed by atoms with Gasteiger partial charge in [0.2, 0.25) is 0 Å². The van der Waals surface area contributed by atoms with Crippen molar-refractivity contribution >= 4 is 11.4 Å². The molecule has 0 spiro atoms. The average Bonchev–Trinajstić information content (AvgIpc) is 3.48. The molecule has 0 N–H and O–H groups in total. The largest absolute Gasteiger partial charge is 0.467 e. The van der Waals surface area contributed by atoms with Crippen LogP contribution in [0.2, 0.25) is 0 Å². The zero-order valence-electron chi connectivity index (χ0n) is 17.6. The predicted molar refractivity (Wildman–Crippen MR) is 113 cm³/mol. The van der Waals surface area contributed by atoms with E-state index in [2.05, 4.69) is 56.9 Å². The van der Waals surface area contributed by atoms with Gasteiger partial charge >= 0.3 is 0 Å². The van der Waals surface area contributed by atoms with Crippen LogP contribution < -0.4 is 9.64 Å². The average molecular weight is 379 g/mol. The highest BCUT2D eigenvalue weighted by molar-refractivity contribution is 5.72. The summed E-state index contributed by atoms with van der Waals surface area (Å²) in [7, 11) is 1.64. The van der Waals surface area contributed by atoms with Gasteiger partial charge in [-0.1, -0.05) is 13.8 Å². The highest BCUT2D eigenvalue weighted by Gasteiger charge is 2.27. The summed E-state index contributed by atoms with van der Waals surface area (Å²) in [6.45, 7) is 9.82. The van der Waals surface area contributed by atoms with Crippen molar-refractivity contribution in [1.29, 1.82) is 5.26 Å². The van der Waals surface area contributed by atoms with E-state index in [4.69, 9.17) is 9.47 Å². The molecule has 0 atom stereocenters. The van der Waals surface area contributed by atoms with E-state index in [-0.39, 0.29) is 6.79 Å². The van der Waals surface area contributed by atoms with Crippen molar-refractivity contribution in [3.63, 3.8) is 0 Å². The zero-order valence-corrected chi connectivity index (χ0v) is 17.6. The first-order valence-electron chi connectivity index (χ1n) is 9.99. The van der Waals surface area contributed by atoms with Crippen LogP contribution in [0.3, 0.4) is 0 Å². The Bertz CT molecular complexity index is 856. The second kappa shape index (κ2) is 8.67. The van der Waals surface area contributed by atoms with Crippen molar-refractivity contribution in [2.24, 2.45) is 5.92 Å². The molecule has 2 aromatic rings. The Morgan fingerprint density at radius 1 is 1.14 bits per heavy atom. The zero-order chi connectivity index (χ0) is 20.3. The first-order chi connectivity index (χ1) is 13.4. The lowest BCUT2D eigenvalue weighted by molar-refractivity contribution is 0.0503. The normalized spacial score (nSPS) is 13.5. The second-order valence-corrected chi connectivity index (χ2v) is 8.05. The molecule has 0 unspecified atom stereocenters. The molecule has 1 aliphatic rings. The van der Waals surface area contributed by atoms with Gasteiger partial charge in [-0.05, 0) is 85.5 Å². The molecule has 148 valence electrons. The van der Waals surface area contributed by atoms with Crippen LogP contribution in [0.15, 0.2) is 30.3 Å². The summed E-state index contributed by atoms with van der Waals surface area (Å²) in [5, 5.41) is 9.30. The molecule has 28 heavy (non-hydrogen) atoms. The summed E-state index contributed by atoms with van der Waals surface area (Å²) in [5.41, 5.74) is 6.57. The van der Waals surface area contributed by atoms with Crippen LogP contribution in [-0.2, 0) is 4.74 Å². The number of methoxy groups -OCH3 is 1. The highest BCUT2D eigenvalue weighted by atomic mass is 16.7. The molecule has 2 aromatic carbocycles. The molecule has 4 nitrogen and oxygen atoms in total. The van der Waals surface area contributed by atoms with E-state index in [1.54, 1.807) is 7.11 Å². The molecule has 0 aromatic heterocycles. The number of aryl methyl sites for hydroxylation is 2. The number of anilines is 2. The summed E-state index contributed by atoms with van der Waals surface area (Å²) in [5.74, 6) is 1.96. The molecule has 1 saturated carbocycles. The van der Waals surface area contributed by atoms with Crippen LogP contribution in [0.25, 0.3) is 0 Å². The SMILES string of the molecule is COCOc1ccc(N(CC2CC2)c2c(C)cc(C#N)cc2C)cc1C(C)C. The van der Waals surface area contributed by atoms with Gasteiger partial charge < -0.3 is 14.4 Å². The van der Waals surface area contributed by atoms with Gasteiger partial charge in [-0.15, -0.1) is 0 Å². The lowest BCUT2D eigenvalue weighted by atomic mass is 9.99. The smallest absolute Gasteiger partial charge is 0.188 e. The molecule has 0 radical (unpaired) electrons. The molecule has 3 rings (SSSR count). The summed E-state index contributed by atoms with van der Waals surface area (Å²) in [6.07, 6.45) is 2.58. The van der Waals surface area contributed by atoms with E-state index in [0.717, 1.165) is 34.9 Å². The van der Waals surface area contributed by atoms with Gasteiger partial charge in [-0.2, -0.15) is 5.26 Å². The van der Waals surface area contributed by atoms with Crippen molar-refractivity contribution in [3.05, 3.63) is 52.6 Å². The van der Waals surface area contributed by atoms with Crippen LogP contribution in [-0.4, -0.2) is 20.4 Å². The van der Waals surface area contributed by atoms with Gasteiger partial charge in [0.05, 0.1) is 11.6 Å². The summed E-state index contributed by atoms with van der Waals surface area (Å²) >= 11 is 0. The molecule has 0 heterocycles. The van der Waals surface area contributed by atoms with Crippen LogP contribution >= 0.6 is 0 Å². The summed E-state index contributed by atoms with van der Waals surface area (Å²) in [4.78, 5) is 2.43. The fraction of sp³-hybridized carbons (Fsp3) is 0.458. The number of nitrogens with zero attached hydrogens (tertiary/aromatic N) is 2. The summed E-state index contributed by atoms with van der Waals surface area (Å²) in [6, 6.07) is 12.7. The van der Waals surface area contributed by atoms with Gasteiger partial charge in [0, 0.05) is 25.0 Å². The minimum Gasteiger partial charge on any atom is -0.467 e. The molecule has 0 aliphatic heterocycles. The van der Waals surface area contributed by atoms with Gasteiger partial charge in [0.25, 0.3) is 0 Å². The van der Waals surface area contributed by atoms with Crippen molar-refractivity contribution in [1.82, 2.24) is 0 Å². The monoisotopic (exact) mass is 378 g/mol. The number of benzene rings is 2. The standard InChI is InChI=1S/C24H30N2O2/c1-16(2)22-12-21(8-9-23(22)28-15-27-5)26(14-19-6-7-19)24-17(3)10-20(13-25)11-18(24)4/h8-12,16,19H,6-7,14-15H2,1-5H3. The third kappa shape index (κ3) is 4.48. The lowest BCUT2D eigenvalue weighted by Crippen LogP contribution is -2.22. The Morgan fingerprint density at radius 3 is 2.36 bits per heavy atom. The molecular formula is C24H30N2O2. The minimum absolute atomic E-state index is 0.249. The minimum atomic E-state index is 0.249. The van der Waals surface area contributed by atoms with Crippen molar-refractivity contribution in [2.45, 2.75) is 46.5 Å². The van der Waals surface area contributed by atoms with Gasteiger partial charge in [-0.25, -0.2) is 0 Å². The lowest BCUT2D eigenvalue weighted by Gasteiger charge is -2.30. The fourth-order valence-corrected chi connectivity index (χ4v) is 3.74. The first kappa shape index (κ1) is 20.2. The highest BCUT2D eigenvalue weighted by Crippen LogP contribution is 2.40. The number of rotatable bonds is 8. The van der Waals surface area contributed by atoms with Crippen LogP contribution in [0.1, 0.15) is 54.9 Å². The number of hydrogen-bond donors (Lipinski definition) is 0. The third-order valence-electron chi connectivity index (χ3n) is 5.29. The Morgan fingerprint density at radius 2 is 1.82 bits per heavy atom. The fourth-order valence-electron chi connectivity index (χ4n) is 3.74. The van der Waals surface area contributed by atoms with E-state index in [1.165, 1.54) is 29.8 Å². The summed E-state index contributed by atoms with van der Waals surface area (Å²) < 4.78 is 10.9. The van der Waals surface area contributed by atoms with E-state index in [1.807, 2.05) is 12.1 Å². The molecule has 0 saturated heterocycles. The maximum absolute atomic E-state index is 9.30. The predicted octanol–water partition coefficient (Wildman–Crippen LogP) is 5.83. The van der Waals surface area contributed by atoms with Crippen molar-refractivity contribution < 1.29 is 9.47 Å². The molecule has 1 fully saturated rings. The van der Waals surface area contributed by atoms with Crippen LogP contribution in [0.4, 0.5) is 11.4 Å². The van der Waals surface area contributed by atoms with Crippen LogP contribution in [0, 0.1) is 31.1 Å². The number of ether oxygens (including phenoxy) is 2. The quantitative estimate of drug-likeness (QED) is 0.542. The first-order valence-corrected chi connectivity index (χ1v) is 9.99. The molecule has 0 amide bonds. The Kier molecular flexibility index (Phi) is 6.26. The van der Waals surface area contributed by atoms with Gasteiger partial charge in [0.1, 0.15) is 5.75 Å². The van der Waals surface area contributed by atoms with Gasteiger partial charge in [0.15, 0.2) is 6.79 Å². The third-order valence-corrected chi connectivity index (χ3v) is 5.29. The van der Waals surface area contributed by atoms with Gasteiger partial charge in [-0.3, -0.25) is 0 Å². The van der Waals surface area contributed by atoms with E-state index in [9.17, 15) is 5.26 Å². The van der Waals surface area contributed by atoms with E-state index in [0.29, 0.717) is 5.92 Å². The Balaban J connectivity index is 2.06. The van der Waals surface area contributed by atoms with Crippen LogP contribution in [0.5, 0.6) is 5.75 Å². The van der Waals surface area contributed by atoms with E-state index < -0.39 is 0 Å². The molecule has 4 heteroatoms. The van der Waals surface area contributed by atoms with E-state index >= 15 is 0 Å². The maximum Gasteiger partial charge on any atom is 0.188 e. The molecule has 1 aliphatic carbocycles. The second-order valence-electron chi connectivity index (χ2n) is 8.05.